The Balaban J connectivity index is 1.35. The highest BCUT2D eigenvalue weighted by atomic mass is 32.1. The van der Waals surface area contributed by atoms with E-state index in [1.165, 1.54) is 28.4 Å². The summed E-state index contributed by atoms with van der Waals surface area (Å²) in [6.07, 6.45) is -4.68. The number of nitrogens with zero attached hydrogens (tertiary/aromatic N) is 3. The summed E-state index contributed by atoms with van der Waals surface area (Å²) in [4.78, 5) is 20.1. The Morgan fingerprint density at radius 2 is 1.96 bits per heavy atom. The van der Waals surface area contributed by atoms with Crippen molar-refractivity contribution in [2.45, 2.75) is 25.9 Å². The molecule has 3 fully saturated rings. The van der Waals surface area contributed by atoms with Crippen LogP contribution in [0.3, 0.4) is 0 Å². The van der Waals surface area contributed by atoms with Crippen molar-refractivity contribution >= 4 is 33.1 Å². The van der Waals surface area contributed by atoms with Gasteiger partial charge in [0.05, 0.1) is 21.4 Å². The fraction of sp³-hybridized carbons (Fsp3) is 0.579. The molecule has 9 heteroatoms. The molecule has 1 spiro atoms. The first-order valence-electron chi connectivity index (χ1n) is 9.29. The van der Waals surface area contributed by atoms with Gasteiger partial charge in [-0.2, -0.15) is 13.2 Å². The quantitative estimate of drug-likeness (QED) is 0.697. The number of aromatic nitrogens is 1. The molecule has 0 unspecified atom stereocenters. The van der Waals surface area contributed by atoms with E-state index in [-0.39, 0.29) is 30.0 Å². The molecule has 150 valence electrons. The molecule has 0 N–H and O–H groups in total. The Labute approximate surface area is 163 Å². The minimum Gasteiger partial charge on any atom is -0.369 e. The van der Waals surface area contributed by atoms with Gasteiger partial charge < -0.3 is 9.80 Å². The van der Waals surface area contributed by atoms with Gasteiger partial charge in [-0.05, 0) is 24.8 Å². The van der Waals surface area contributed by atoms with Crippen LogP contribution in [0, 0.1) is 22.6 Å². The molecule has 4 nitrogen and oxygen atoms in total. The van der Waals surface area contributed by atoms with E-state index in [4.69, 9.17) is 0 Å². The molecule has 1 atom stereocenters. The molecule has 0 bridgehead atoms. The Bertz CT molecular complexity index is 962. The SMILES string of the molecule is C[C@@H]1CN(c2cc(F)cc3ncsc23)CC12CN(C(=O)C1(C(F)(F)F)CC1)C2. The van der Waals surface area contributed by atoms with Crippen LogP contribution in [0.25, 0.3) is 10.2 Å². The van der Waals surface area contributed by atoms with E-state index in [1.54, 1.807) is 5.51 Å². The highest BCUT2D eigenvalue weighted by Crippen LogP contribution is 2.60. The van der Waals surface area contributed by atoms with Crippen LogP contribution in [0.1, 0.15) is 19.8 Å². The van der Waals surface area contributed by atoms with Crippen molar-refractivity contribution in [2.75, 3.05) is 31.1 Å². The molecule has 0 radical (unpaired) electrons. The number of alkyl halides is 3. The molecule has 1 aromatic carbocycles. The first-order valence-corrected chi connectivity index (χ1v) is 10.2. The van der Waals surface area contributed by atoms with Crippen LogP contribution < -0.4 is 4.90 Å². The van der Waals surface area contributed by atoms with E-state index in [0.717, 1.165) is 10.4 Å². The molecule has 5 rings (SSSR count). The van der Waals surface area contributed by atoms with Crippen LogP contribution in [-0.4, -0.2) is 48.1 Å². The second-order valence-electron chi connectivity index (χ2n) is 8.51. The van der Waals surface area contributed by atoms with Crippen molar-refractivity contribution in [3.8, 4) is 0 Å². The zero-order valence-electron chi connectivity index (χ0n) is 15.2. The topological polar surface area (TPSA) is 36.4 Å². The summed E-state index contributed by atoms with van der Waals surface area (Å²) < 4.78 is 54.7. The van der Waals surface area contributed by atoms with Gasteiger partial charge in [0.2, 0.25) is 5.91 Å². The van der Waals surface area contributed by atoms with Gasteiger partial charge in [0.15, 0.2) is 0 Å². The average Bonchev–Trinajstić information content (AvgIpc) is 3.16. The van der Waals surface area contributed by atoms with Crippen molar-refractivity contribution in [1.82, 2.24) is 9.88 Å². The lowest BCUT2D eigenvalue weighted by atomic mass is 9.72. The molecule has 1 amide bonds. The van der Waals surface area contributed by atoms with Crippen molar-refractivity contribution in [3.05, 3.63) is 23.5 Å². The molecule has 2 aromatic rings. The number of benzene rings is 1. The second kappa shape index (κ2) is 5.58. The Morgan fingerprint density at radius 1 is 1.25 bits per heavy atom. The first kappa shape index (κ1) is 18.1. The molecule has 3 heterocycles. The number of carbonyl (C=O) groups excluding carboxylic acids is 1. The summed E-state index contributed by atoms with van der Waals surface area (Å²) in [5.41, 5.74) is 0.687. The van der Waals surface area contributed by atoms with Gasteiger partial charge in [-0.3, -0.25) is 4.79 Å². The minimum absolute atomic E-state index is 0.104. The Kier molecular flexibility index (Phi) is 3.62. The molecule has 2 saturated heterocycles. The fourth-order valence-corrected chi connectivity index (χ4v) is 5.59. The number of fused-ring (bicyclic) bond motifs is 1. The van der Waals surface area contributed by atoms with Crippen molar-refractivity contribution < 1.29 is 22.4 Å². The monoisotopic (exact) mass is 413 g/mol. The van der Waals surface area contributed by atoms with E-state index in [0.29, 0.717) is 31.7 Å². The lowest BCUT2D eigenvalue weighted by Crippen LogP contribution is -2.64. The first-order chi connectivity index (χ1) is 13.2. The number of anilines is 1. The number of hydrogen-bond donors (Lipinski definition) is 0. The van der Waals surface area contributed by atoms with Gasteiger partial charge in [-0.25, -0.2) is 9.37 Å². The highest BCUT2D eigenvalue weighted by molar-refractivity contribution is 7.17. The third-order valence-corrected chi connectivity index (χ3v) is 7.63. The average molecular weight is 413 g/mol. The molecule has 2 aliphatic heterocycles. The second-order valence-corrected chi connectivity index (χ2v) is 9.37. The summed E-state index contributed by atoms with van der Waals surface area (Å²) in [6.45, 7) is 4.02. The molecule has 28 heavy (non-hydrogen) atoms. The van der Waals surface area contributed by atoms with Crippen LogP contribution in [0.2, 0.25) is 0 Å². The number of halogens is 4. The van der Waals surface area contributed by atoms with Crippen LogP contribution in [0.4, 0.5) is 23.2 Å². The lowest BCUT2D eigenvalue weighted by molar-refractivity contribution is -0.205. The summed E-state index contributed by atoms with van der Waals surface area (Å²) in [6, 6.07) is 2.90. The minimum atomic E-state index is -4.47. The zero-order chi connectivity index (χ0) is 19.9. The number of likely N-dealkylation sites (tertiary alicyclic amines) is 1. The third-order valence-electron chi connectivity index (χ3n) is 6.76. The van der Waals surface area contributed by atoms with Gasteiger partial charge in [-0.1, -0.05) is 6.92 Å². The number of rotatable bonds is 2. The smallest absolute Gasteiger partial charge is 0.369 e. The molecule has 1 saturated carbocycles. The summed E-state index contributed by atoms with van der Waals surface area (Å²) in [7, 11) is 0. The Morgan fingerprint density at radius 3 is 2.61 bits per heavy atom. The lowest BCUT2D eigenvalue weighted by Gasteiger charge is -2.51. The molecule has 1 aromatic heterocycles. The predicted octanol–water partition coefficient (Wildman–Crippen LogP) is 4.06. The number of amides is 1. The number of thiazole rings is 1. The van der Waals surface area contributed by atoms with Crippen LogP contribution in [-0.2, 0) is 4.79 Å². The maximum absolute atomic E-state index is 14.0. The van der Waals surface area contributed by atoms with Gasteiger partial charge in [0, 0.05) is 37.7 Å². The summed E-state index contributed by atoms with van der Waals surface area (Å²) in [5.74, 6) is -0.927. The third kappa shape index (κ3) is 2.41. The molecule has 1 aliphatic carbocycles. The fourth-order valence-electron chi connectivity index (χ4n) is 4.78. The molecular formula is C19H19F4N3OS. The van der Waals surface area contributed by atoms with Crippen molar-refractivity contribution in [1.29, 1.82) is 0 Å². The largest absolute Gasteiger partial charge is 0.403 e. The zero-order valence-corrected chi connectivity index (χ0v) is 16.0. The normalized spacial score (nSPS) is 25.4. The highest BCUT2D eigenvalue weighted by Gasteiger charge is 2.71. The van der Waals surface area contributed by atoms with Crippen LogP contribution in [0.5, 0.6) is 0 Å². The van der Waals surface area contributed by atoms with E-state index < -0.39 is 17.5 Å². The standard InChI is InChI=1S/C19H19F4N3OS/c1-11-6-25(14-5-12(20)4-13-15(14)28-10-24-13)7-17(11)8-26(9-17)16(27)18(2-3-18)19(21,22)23/h4-5,10-11H,2-3,6-9H2,1H3/t11-/m1/s1. The van der Waals surface area contributed by atoms with E-state index >= 15 is 0 Å². The van der Waals surface area contributed by atoms with E-state index in [2.05, 4.69) is 16.8 Å². The van der Waals surface area contributed by atoms with Gasteiger partial charge in [-0.15, -0.1) is 11.3 Å². The maximum atomic E-state index is 14.0. The number of carbonyl (C=O) groups is 1. The molecular weight excluding hydrogens is 394 g/mol. The maximum Gasteiger partial charge on any atom is 0.403 e. The van der Waals surface area contributed by atoms with E-state index in [1.807, 2.05) is 0 Å². The van der Waals surface area contributed by atoms with Crippen LogP contribution >= 0.6 is 11.3 Å². The van der Waals surface area contributed by atoms with Gasteiger partial charge in [0.1, 0.15) is 11.2 Å². The van der Waals surface area contributed by atoms with Crippen molar-refractivity contribution in [2.24, 2.45) is 16.7 Å². The van der Waals surface area contributed by atoms with Gasteiger partial charge >= 0.3 is 6.18 Å². The number of hydrogen-bond acceptors (Lipinski definition) is 4. The Hall–Kier alpha value is -1.90. The van der Waals surface area contributed by atoms with Crippen LogP contribution in [0.15, 0.2) is 17.6 Å². The predicted molar refractivity (Wildman–Crippen MR) is 97.7 cm³/mol. The summed E-state index contributed by atoms with van der Waals surface area (Å²) >= 11 is 1.45. The van der Waals surface area contributed by atoms with E-state index in [9.17, 15) is 22.4 Å². The van der Waals surface area contributed by atoms with Gasteiger partial charge in [0.25, 0.3) is 0 Å². The summed E-state index contributed by atoms with van der Waals surface area (Å²) in [5, 5.41) is 0. The molecule has 3 aliphatic rings. The van der Waals surface area contributed by atoms with Crippen molar-refractivity contribution in [3.63, 3.8) is 0 Å².